The summed E-state index contributed by atoms with van der Waals surface area (Å²) in [6, 6.07) is 3.34. The molecule has 0 aliphatic heterocycles. The topological polar surface area (TPSA) is 37.4 Å². The monoisotopic (exact) mass is 297 g/mol. The molecule has 2 unspecified atom stereocenters. The summed E-state index contributed by atoms with van der Waals surface area (Å²) in [6.45, 7) is 10.7. The van der Waals surface area contributed by atoms with E-state index in [0.717, 1.165) is 38.5 Å². The van der Waals surface area contributed by atoms with Crippen LogP contribution in [0.3, 0.4) is 0 Å². The summed E-state index contributed by atoms with van der Waals surface area (Å²) in [4.78, 5) is 6.57. The Balaban J connectivity index is 2.60. The fourth-order valence-corrected chi connectivity index (χ4v) is 2.52. The zero-order valence-corrected chi connectivity index (χ0v) is 13.6. The molecule has 5 heteroatoms. The third-order valence-electron chi connectivity index (χ3n) is 3.70. The summed E-state index contributed by atoms with van der Waals surface area (Å²) in [6.07, 6.45) is 1.28. The number of likely N-dealkylation sites (N-methyl/N-ethyl adjacent to an activating group) is 1. The van der Waals surface area contributed by atoms with Gasteiger partial charge in [-0.3, -0.25) is 4.98 Å². The lowest BCUT2D eigenvalue weighted by Crippen LogP contribution is -2.36. The van der Waals surface area contributed by atoms with Crippen LogP contribution in [0.2, 0.25) is 0 Å². The maximum Gasteiger partial charge on any atom is 0.141 e. The van der Waals surface area contributed by atoms with Crippen LogP contribution in [0.25, 0.3) is 0 Å². The second-order valence-corrected chi connectivity index (χ2v) is 5.24. The van der Waals surface area contributed by atoms with Gasteiger partial charge < -0.3 is 15.0 Å². The molecule has 1 N–H and O–H groups in total. The van der Waals surface area contributed by atoms with E-state index in [1.165, 1.54) is 12.3 Å². The largest absolute Gasteiger partial charge is 0.380 e. The smallest absolute Gasteiger partial charge is 0.141 e. The summed E-state index contributed by atoms with van der Waals surface area (Å²) in [5.41, 5.74) is 0.882. The molecule has 120 valence electrons. The molecule has 0 bridgehead atoms. The maximum absolute atomic E-state index is 13.0. The Kier molecular flexibility index (Phi) is 8.42. The van der Waals surface area contributed by atoms with Crippen molar-refractivity contribution < 1.29 is 9.13 Å². The van der Waals surface area contributed by atoms with Crippen LogP contribution in [0.1, 0.15) is 32.5 Å². The van der Waals surface area contributed by atoms with Crippen LogP contribution >= 0.6 is 0 Å². The first-order valence-electron chi connectivity index (χ1n) is 7.71. The minimum Gasteiger partial charge on any atom is -0.380 e. The van der Waals surface area contributed by atoms with Crippen molar-refractivity contribution in [2.24, 2.45) is 5.92 Å². The van der Waals surface area contributed by atoms with Crippen LogP contribution in [0.4, 0.5) is 4.39 Å². The molecule has 4 nitrogen and oxygen atoms in total. The molecule has 21 heavy (non-hydrogen) atoms. The molecule has 0 amide bonds. The maximum atomic E-state index is 13.0. The Morgan fingerprint density at radius 2 is 2.14 bits per heavy atom. The summed E-state index contributed by atoms with van der Waals surface area (Å²) in [7, 11) is 1.92. The molecule has 0 aliphatic rings. The first-order chi connectivity index (χ1) is 10.1. The first kappa shape index (κ1) is 18.0. The van der Waals surface area contributed by atoms with Crippen molar-refractivity contribution in [3.05, 3.63) is 29.8 Å². The summed E-state index contributed by atoms with van der Waals surface area (Å²) in [5, 5.41) is 3.29. The molecule has 0 saturated carbocycles. The fraction of sp³-hybridized carbons (Fsp3) is 0.688. The van der Waals surface area contributed by atoms with Gasteiger partial charge in [0.15, 0.2) is 0 Å². The predicted octanol–water partition coefficient (Wildman–Crippen LogP) is 2.48. The number of pyridine rings is 1. The lowest BCUT2D eigenvalue weighted by atomic mass is 9.97. The zero-order valence-electron chi connectivity index (χ0n) is 13.6. The number of rotatable bonds is 10. The summed E-state index contributed by atoms with van der Waals surface area (Å²) < 4.78 is 18.4. The summed E-state index contributed by atoms with van der Waals surface area (Å²) in [5.74, 6) is 0.0719. The van der Waals surface area contributed by atoms with E-state index in [2.05, 4.69) is 29.0 Å². The second kappa shape index (κ2) is 9.82. The van der Waals surface area contributed by atoms with Gasteiger partial charge in [-0.15, -0.1) is 0 Å². The van der Waals surface area contributed by atoms with E-state index >= 15 is 0 Å². The van der Waals surface area contributed by atoms with Gasteiger partial charge >= 0.3 is 0 Å². The molecule has 0 saturated heterocycles. The molecule has 1 heterocycles. The van der Waals surface area contributed by atoms with Crippen molar-refractivity contribution in [3.63, 3.8) is 0 Å². The van der Waals surface area contributed by atoms with Gasteiger partial charge in [-0.2, -0.15) is 0 Å². The van der Waals surface area contributed by atoms with Gasteiger partial charge in [-0.1, -0.05) is 13.8 Å². The molecule has 0 aliphatic carbocycles. The van der Waals surface area contributed by atoms with Crippen LogP contribution in [0.5, 0.6) is 0 Å². The standard InChI is InChI=1S/C16H28FN3O/c1-5-20(9-10-21-6-2)12-13(3)16(18-4)15-8-7-14(17)11-19-15/h7-8,11,13,16,18H,5-6,9-10,12H2,1-4H3. The Morgan fingerprint density at radius 3 is 2.67 bits per heavy atom. The molecule has 2 atom stereocenters. The zero-order chi connectivity index (χ0) is 15.7. The minimum atomic E-state index is -0.298. The molecule has 1 rings (SSSR count). The van der Waals surface area contributed by atoms with Crippen molar-refractivity contribution in [3.8, 4) is 0 Å². The molecule has 1 aromatic heterocycles. The fourth-order valence-electron chi connectivity index (χ4n) is 2.52. The normalized spacial score (nSPS) is 14.4. The highest BCUT2D eigenvalue weighted by Crippen LogP contribution is 2.20. The summed E-state index contributed by atoms with van der Waals surface area (Å²) >= 11 is 0. The van der Waals surface area contributed by atoms with Crippen molar-refractivity contribution in [2.75, 3.05) is 39.9 Å². The van der Waals surface area contributed by atoms with Crippen LogP contribution in [-0.4, -0.2) is 49.8 Å². The van der Waals surface area contributed by atoms with E-state index in [9.17, 15) is 4.39 Å². The van der Waals surface area contributed by atoms with E-state index in [1.54, 1.807) is 6.07 Å². The number of nitrogens with one attached hydrogen (secondary N) is 1. The number of hydrogen-bond acceptors (Lipinski definition) is 4. The Morgan fingerprint density at radius 1 is 1.38 bits per heavy atom. The Bertz CT molecular complexity index is 386. The van der Waals surface area contributed by atoms with E-state index in [4.69, 9.17) is 4.74 Å². The number of nitrogens with zero attached hydrogens (tertiary/aromatic N) is 2. The molecule has 0 spiro atoms. The van der Waals surface area contributed by atoms with Gasteiger partial charge in [0.2, 0.25) is 0 Å². The van der Waals surface area contributed by atoms with Crippen molar-refractivity contribution >= 4 is 0 Å². The van der Waals surface area contributed by atoms with Gasteiger partial charge in [-0.25, -0.2) is 4.39 Å². The molecular formula is C16H28FN3O. The molecular weight excluding hydrogens is 269 g/mol. The average Bonchev–Trinajstić information content (AvgIpc) is 2.49. The van der Waals surface area contributed by atoms with Gasteiger partial charge in [-0.05, 0) is 38.6 Å². The first-order valence-corrected chi connectivity index (χ1v) is 7.71. The number of ether oxygens (including phenoxy) is 1. The van der Waals surface area contributed by atoms with Crippen LogP contribution in [0.15, 0.2) is 18.3 Å². The highest BCUT2D eigenvalue weighted by atomic mass is 19.1. The Hall–Kier alpha value is -1.04. The van der Waals surface area contributed by atoms with Crippen molar-refractivity contribution in [2.45, 2.75) is 26.8 Å². The SMILES string of the molecule is CCOCCN(CC)CC(C)C(NC)c1ccc(F)cn1. The molecule has 0 fully saturated rings. The highest BCUT2D eigenvalue weighted by Gasteiger charge is 2.20. The van der Waals surface area contributed by atoms with Crippen molar-refractivity contribution in [1.82, 2.24) is 15.2 Å². The minimum absolute atomic E-state index is 0.117. The number of halogens is 1. The second-order valence-electron chi connectivity index (χ2n) is 5.24. The van der Waals surface area contributed by atoms with E-state index in [-0.39, 0.29) is 11.9 Å². The van der Waals surface area contributed by atoms with E-state index in [1.807, 2.05) is 14.0 Å². The van der Waals surface area contributed by atoms with Gasteiger partial charge in [0.25, 0.3) is 0 Å². The quantitative estimate of drug-likeness (QED) is 0.673. The highest BCUT2D eigenvalue weighted by molar-refractivity contribution is 5.10. The number of aromatic nitrogens is 1. The van der Waals surface area contributed by atoms with Crippen molar-refractivity contribution in [1.29, 1.82) is 0 Å². The van der Waals surface area contributed by atoms with Crippen LogP contribution < -0.4 is 5.32 Å². The third-order valence-corrected chi connectivity index (χ3v) is 3.70. The molecule has 0 radical (unpaired) electrons. The van der Waals surface area contributed by atoms with Gasteiger partial charge in [0.1, 0.15) is 5.82 Å². The van der Waals surface area contributed by atoms with Crippen LogP contribution in [-0.2, 0) is 4.74 Å². The van der Waals surface area contributed by atoms with Crippen LogP contribution in [0, 0.1) is 11.7 Å². The average molecular weight is 297 g/mol. The Labute approximate surface area is 127 Å². The molecule has 0 aromatic carbocycles. The molecule has 1 aromatic rings. The van der Waals surface area contributed by atoms with E-state index < -0.39 is 0 Å². The van der Waals surface area contributed by atoms with E-state index in [0.29, 0.717) is 5.92 Å². The van der Waals surface area contributed by atoms with Gasteiger partial charge in [0.05, 0.1) is 24.5 Å². The number of hydrogen-bond donors (Lipinski definition) is 1. The lowest BCUT2D eigenvalue weighted by molar-refractivity contribution is 0.106. The lowest BCUT2D eigenvalue weighted by Gasteiger charge is -2.29. The third kappa shape index (κ3) is 6.08. The van der Waals surface area contributed by atoms with Gasteiger partial charge in [0, 0.05) is 19.7 Å². The predicted molar refractivity (Wildman–Crippen MR) is 83.8 cm³/mol.